The molecule has 1 fully saturated rings. The molecule has 4 atom stereocenters. The lowest BCUT2D eigenvalue weighted by molar-refractivity contribution is 0.0264. The first kappa shape index (κ1) is 15.0. The monoisotopic (exact) mass is 241 g/mol. The number of ether oxygens (including phenoxy) is 1. The van der Waals surface area contributed by atoms with Gasteiger partial charge in [-0.1, -0.05) is 33.6 Å². The van der Waals surface area contributed by atoms with E-state index in [4.69, 9.17) is 4.74 Å². The molecule has 2 heteroatoms. The van der Waals surface area contributed by atoms with Crippen molar-refractivity contribution >= 4 is 0 Å². The van der Waals surface area contributed by atoms with Crippen molar-refractivity contribution in [1.29, 1.82) is 0 Å². The molecule has 102 valence electrons. The van der Waals surface area contributed by atoms with Gasteiger partial charge in [-0.2, -0.15) is 0 Å². The van der Waals surface area contributed by atoms with Crippen molar-refractivity contribution in [2.45, 2.75) is 84.5 Å². The Balaban J connectivity index is 2.41. The van der Waals surface area contributed by atoms with Gasteiger partial charge >= 0.3 is 0 Å². The summed E-state index contributed by atoms with van der Waals surface area (Å²) in [5.74, 6) is 0.814. The molecule has 0 radical (unpaired) electrons. The molecule has 1 aliphatic heterocycles. The van der Waals surface area contributed by atoms with Gasteiger partial charge in [0, 0.05) is 6.04 Å². The largest absolute Gasteiger partial charge is 0.374 e. The van der Waals surface area contributed by atoms with Crippen LogP contribution in [0, 0.1) is 5.92 Å². The first-order valence-electron chi connectivity index (χ1n) is 7.56. The second kappa shape index (κ2) is 8.10. The van der Waals surface area contributed by atoms with Crippen LogP contribution in [0.1, 0.15) is 66.2 Å². The predicted octanol–water partition coefficient (Wildman–Crippen LogP) is 3.75. The summed E-state index contributed by atoms with van der Waals surface area (Å²) in [5, 5.41) is 3.70. The molecule has 0 aromatic rings. The summed E-state index contributed by atoms with van der Waals surface area (Å²) in [5.41, 5.74) is 0. The summed E-state index contributed by atoms with van der Waals surface area (Å²) >= 11 is 0. The first-order valence-corrected chi connectivity index (χ1v) is 7.56. The standard InChI is InChI=1S/C15H31NO/c1-5-7-12(3)11-14(16-10-6-2)15-9-8-13(4)17-15/h12-16H,5-11H2,1-4H3. The summed E-state index contributed by atoms with van der Waals surface area (Å²) < 4.78 is 6.04. The van der Waals surface area contributed by atoms with Gasteiger partial charge in [0.05, 0.1) is 12.2 Å². The Morgan fingerprint density at radius 1 is 1.24 bits per heavy atom. The van der Waals surface area contributed by atoms with Crippen LogP contribution in [0.15, 0.2) is 0 Å². The summed E-state index contributed by atoms with van der Waals surface area (Å²) in [6.45, 7) is 10.2. The Kier molecular flexibility index (Phi) is 7.14. The zero-order chi connectivity index (χ0) is 12.7. The van der Waals surface area contributed by atoms with Gasteiger partial charge in [0.15, 0.2) is 0 Å². The van der Waals surface area contributed by atoms with E-state index < -0.39 is 0 Å². The molecule has 0 saturated carbocycles. The molecule has 0 amide bonds. The summed E-state index contributed by atoms with van der Waals surface area (Å²) in [4.78, 5) is 0. The highest BCUT2D eigenvalue weighted by atomic mass is 16.5. The average Bonchev–Trinajstić information content (AvgIpc) is 2.71. The Morgan fingerprint density at radius 2 is 2.00 bits per heavy atom. The highest BCUT2D eigenvalue weighted by Crippen LogP contribution is 2.25. The lowest BCUT2D eigenvalue weighted by atomic mass is 9.93. The quantitative estimate of drug-likeness (QED) is 0.699. The van der Waals surface area contributed by atoms with E-state index in [0.29, 0.717) is 18.2 Å². The molecule has 4 unspecified atom stereocenters. The molecule has 1 saturated heterocycles. The Hall–Kier alpha value is -0.0800. The van der Waals surface area contributed by atoms with Crippen molar-refractivity contribution in [1.82, 2.24) is 5.32 Å². The van der Waals surface area contributed by atoms with Gasteiger partial charge in [0.1, 0.15) is 0 Å². The lowest BCUT2D eigenvalue weighted by Gasteiger charge is -2.27. The fourth-order valence-electron chi connectivity index (χ4n) is 2.87. The summed E-state index contributed by atoms with van der Waals surface area (Å²) in [6.07, 6.45) is 8.50. The van der Waals surface area contributed by atoms with E-state index in [2.05, 4.69) is 33.0 Å². The van der Waals surface area contributed by atoms with Crippen LogP contribution >= 0.6 is 0 Å². The molecule has 0 aromatic carbocycles. The van der Waals surface area contributed by atoms with Gasteiger partial charge < -0.3 is 10.1 Å². The number of hydrogen-bond donors (Lipinski definition) is 1. The van der Waals surface area contributed by atoms with Gasteiger partial charge in [-0.05, 0) is 45.1 Å². The van der Waals surface area contributed by atoms with Crippen molar-refractivity contribution in [3.63, 3.8) is 0 Å². The number of hydrogen-bond acceptors (Lipinski definition) is 2. The molecule has 0 spiro atoms. The molecule has 0 aromatic heterocycles. The van der Waals surface area contributed by atoms with E-state index >= 15 is 0 Å². The Bertz CT molecular complexity index is 195. The number of rotatable bonds is 8. The van der Waals surface area contributed by atoms with Gasteiger partial charge in [-0.3, -0.25) is 0 Å². The molecular formula is C15H31NO. The van der Waals surface area contributed by atoms with E-state index in [1.807, 2.05) is 0 Å². The lowest BCUT2D eigenvalue weighted by Crippen LogP contribution is -2.41. The maximum atomic E-state index is 6.04. The maximum Gasteiger partial charge on any atom is 0.0732 e. The van der Waals surface area contributed by atoms with Crippen LogP contribution in [-0.2, 0) is 4.74 Å². The third kappa shape index (κ3) is 5.39. The van der Waals surface area contributed by atoms with Crippen molar-refractivity contribution < 1.29 is 4.74 Å². The Morgan fingerprint density at radius 3 is 2.53 bits per heavy atom. The van der Waals surface area contributed by atoms with E-state index in [0.717, 1.165) is 12.5 Å². The summed E-state index contributed by atoms with van der Waals surface area (Å²) in [7, 11) is 0. The minimum atomic E-state index is 0.454. The Labute approximate surface area is 108 Å². The van der Waals surface area contributed by atoms with Gasteiger partial charge in [-0.15, -0.1) is 0 Å². The first-order chi connectivity index (χ1) is 8.17. The second-order valence-electron chi connectivity index (χ2n) is 5.75. The van der Waals surface area contributed by atoms with Crippen molar-refractivity contribution in [3.05, 3.63) is 0 Å². The normalized spacial score (nSPS) is 28.2. The average molecular weight is 241 g/mol. The van der Waals surface area contributed by atoms with Crippen molar-refractivity contribution in [2.24, 2.45) is 5.92 Å². The van der Waals surface area contributed by atoms with Gasteiger partial charge in [0.25, 0.3) is 0 Å². The fourth-order valence-corrected chi connectivity index (χ4v) is 2.87. The van der Waals surface area contributed by atoms with Crippen LogP contribution in [-0.4, -0.2) is 24.8 Å². The fraction of sp³-hybridized carbons (Fsp3) is 1.00. The van der Waals surface area contributed by atoms with Crippen molar-refractivity contribution in [3.8, 4) is 0 Å². The molecule has 1 N–H and O–H groups in total. The highest BCUT2D eigenvalue weighted by molar-refractivity contribution is 4.84. The smallest absolute Gasteiger partial charge is 0.0732 e. The van der Waals surface area contributed by atoms with Crippen LogP contribution in [0.3, 0.4) is 0 Å². The molecule has 1 aliphatic rings. The third-order valence-corrected chi connectivity index (χ3v) is 3.81. The SMILES string of the molecule is CCCNC(CC(C)CCC)C1CCC(C)O1. The molecule has 0 aliphatic carbocycles. The van der Waals surface area contributed by atoms with E-state index in [1.54, 1.807) is 0 Å². The maximum absolute atomic E-state index is 6.04. The van der Waals surface area contributed by atoms with E-state index in [-0.39, 0.29) is 0 Å². The van der Waals surface area contributed by atoms with Gasteiger partial charge in [-0.25, -0.2) is 0 Å². The molecule has 0 bridgehead atoms. The van der Waals surface area contributed by atoms with Crippen LogP contribution in [0.5, 0.6) is 0 Å². The van der Waals surface area contributed by atoms with Crippen LogP contribution in [0.25, 0.3) is 0 Å². The van der Waals surface area contributed by atoms with E-state index in [1.165, 1.54) is 38.5 Å². The zero-order valence-electron chi connectivity index (χ0n) is 12.2. The van der Waals surface area contributed by atoms with Crippen molar-refractivity contribution in [2.75, 3.05) is 6.54 Å². The molecule has 17 heavy (non-hydrogen) atoms. The molecular weight excluding hydrogens is 210 g/mol. The highest BCUT2D eigenvalue weighted by Gasteiger charge is 2.29. The van der Waals surface area contributed by atoms with Crippen LogP contribution < -0.4 is 5.32 Å². The molecule has 1 heterocycles. The number of nitrogens with one attached hydrogen (secondary N) is 1. The van der Waals surface area contributed by atoms with Gasteiger partial charge in [0.2, 0.25) is 0 Å². The minimum absolute atomic E-state index is 0.454. The predicted molar refractivity (Wildman–Crippen MR) is 74.3 cm³/mol. The van der Waals surface area contributed by atoms with Crippen LogP contribution in [0.4, 0.5) is 0 Å². The van der Waals surface area contributed by atoms with E-state index in [9.17, 15) is 0 Å². The second-order valence-corrected chi connectivity index (χ2v) is 5.75. The zero-order valence-corrected chi connectivity index (χ0v) is 12.2. The topological polar surface area (TPSA) is 21.3 Å². The van der Waals surface area contributed by atoms with Crippen LogP contribution in [0.2, 0.25) is 0 Å². The molecule has 2 nitrogen and oxygen atoms in total. The minimum Gasteiger partial charge on any atom is -0.374 e. The molecule has 1 rings (SSSR count). The summed E-state index contributed by atoms with van der Waals surface area (Å²) in [6, 6.07) is 0.571. The third-order valence-electron chi connectivity index (χ3n) is 3.81.